The molecule has 3 nitrogen and oxygen atoms in total. The first-order chi connectivity index (χ1) is 9.79. The third-order valence-corrected chi connectivity index (χ3v) is 3.00. The van der Waals surface area contributed by atoms with E-state index in [1.807, 2.05) is 54.6 Å². The van der Waals surface area contributed by atoms with Gasteiger partial charge in [-0.15, -0.1) is 0 Å². The molecule has 0 aromatic heterocycles. The number of carbonyl (C=O) groups is 1. The van der Waals surface area contributed by atoms with Crippen LogP contribution in [0, 0.1) is 0 Å². The van der Waals surface area contributed by atoms with Crippen LogP contribution in [-0.2, 0) is 6.42 Å². The molecule has 0 saturated heterocycles. The number of amides is 1. The Morgan fingerprint density at radius 3 is 2.50 bits per heavy atom. The Morgan fingerprint density at radius 1 is 1.05 bits per heavy atom. The lowest BCUT2D eigenvalue weighted by atomic mass is 10.1. The van der Waals surface area contributed by atoms with Crippen LogP contribution in [0.4, 0.5) is 10.5 Å². The standard InChI is InChI=1S/C17H19NO2/c1-2-3-9-14-10-7-8-13-16(14)20-17(19)18-15-11-5-4-6-12-15/h4-8,10-13H,2-3,9H2,1H3,(H,18,19). The Bertz CT molecular complexity index is 552. The quantitative estimate of drug-likeness (QED) is 0.858. The van der Waals surface area contributed by atoms with Crippen LogP contribution in [0.5, 0.6) is 5.75 Å². The van der Waals surface area contributed by atoms with Gasteiger partial charge in [0.15, 0.2) is 0 Å². The van der Waals surface area contributed by atoms with Crippen LogP contribution in [-0.4, -0.2) is 6.09 Å². The number of nitrogens with one attached hydrogen (secondary N) is 1. The van der Waals surface area contributed by atoms with E-state index in [2.05, 4.69) is 12.2 Å². The van der Waals surface area contributed by atoms with Gasteiger partial charge in [0.2, 0.25) is 0 Å². The second-order valence-corrected chi connectivity index (χ2v) is 4.59. The van der Waals surface area contributed by atoms with E-state index in [0.717, 1.165) is 30.5 Å². The molecule has 0 saturated carbocycles. The highest BCUT2D eigenvalue weighted by Crippen LogP contribution is 2.20. The van der Waals surface area contributed by atoms with Crippen LogP contribution in [0.15, 0.2) is 54.6 Å². The molecule has 0 aliphatic carbocycles. The molecule has 0 heterocycles. The van der Waals surface area contributed by atoms with Gasteiger partial charge < -0.3 is 4.74 Å². The average Bonchev–Trinajstić information content (AvgIpc) is 2.47. The third kappa shape index (κ3) is 4.12. The predicted octanol–water partition coefficient (Wildman–Crippen LogP) is 4.64. The number of aryl methyl sites for hydroxylation is 1. The Hall–Kier alpha value is -2.29. The van der Waals surface area contributed by atoms with Crippen LogP contribution in [0.2, 0.25) is 0 Å². The number of para-hydroxylation sites is 2. The van der Waals surface area contributed by atoms with Gasteiger partial charge in [-0.05, 0) is 36.6 Å². The van der Waals surface area contributed by atoms with Crippen molar-refractivity contribution in [2.24, 2.45) is 0 Å². The van der Waals surface area contributed by atoms with Gasteiger partial charge in [0.25, 0.3) is 0 Å². The third-order valence-electron chi connectivity index (χ3n) is 3.00. The van der Waals surface area contributed by atoms with Gasteiger partial charge in [0.05, 0.1) is 0 Å². The minimum absolute atomic E-state index is 0.458. The molecule has 0 unspecified atom stereocenters. The molecule has 0 aliphatic rings. The second-order valence-electron chi connectivity index (χ2n) is 4.59. The van der Waals surface area contributed by atoms with Crippen molar-refractivity contribution in [3.8, 4) is 5.75 Å². The van der Waals surface area contributed by atoms with Crippen LogP contribution < -0.4 is 10.1 Å². The van der Waals surface area contributed by atoms with E-state index in [4.69, 9.17) is 4.74 Å². The zero-order valence-electron chi connectivity index (χ0n) is 11.6. The van der Waals surface area contributed by atoms with Crippen molar-refractivity contribution in [2.45, 2.75) is 26.2 Å². The van der Waals surface area contributed by atoms with E-state index in [9.17, 15) is 4.79 Å². The highest BCUT2D eigenvalue weighted by molar-refractivity contribution is 5.86. The zero-order valence-corrected chi connectivity index (χ0v) is 11.6. The number of hydrogen-bond donors (Lipinski definition) is 1. The lowest BCUT2D eigenvalue weighted by Crippen LogP contribution is -2.17. The van der Waals surface area contributed by atoms with Crippen LogP contribution in [0.25, 0.3) is 0 Å². The first-order valence-electron chi connectivity index (χ1n) is 6.91. The summed E-state index contributed by atoms with van der Waals surface area (Å²) in [5.41, 5.74) is 1.79. The molecule has 0 radical (unpaired) electrons. The first-order valence-corrected chi connectivity index (χ1v) is 6.91. The Kier molecular flexibility index (Phi) is 5.18. The van der Waals surface area contributed by atoms with Crippen molar-refractivity contribution in [3.05, 3.63) is 60.2 Å². The van der Waals surface area contributed by atoms with Crippen molar-refractivity contribution >= 4 is 11.8 Å². The highest BCUT2D eigenvalue weighted by Gasteiger charge is 2.08. The Labute approximate surface area is 119 Å². The van der Waals surface area contributed by atoms with Crippen LogP contribution in [0.3, 0.4) is 0 Å². The molecule has 2 aromatic carbocycles. The van der Waals surface area contributed by atoms with Gasteiger partial charge in [0, 0.05) is 5.69 Å². The van der Waals surface area contributed by atoms with Gasteiger partial charge in [-0.1, -0.05) is 49.7 Å². The fraction of sp³-hybridized carbons (Fsp3) is 0.235. The second kappa shape index (κ2) is 7.34. The number of ether oxygens (including phenoxy) is 1. The molecule has 0 bridgehead atoms. The molecule has 3 heteroatoms. The number of carbonyl (C=O) groups excluding carboxylic acids is 1. The van der Waals surface area contributed by atoms with E-state index < -0.39 is 6.09 Å². The molecule has 2 aromatic rings. The number of anilines is 1. The van der Waals surface area contributed by atoms with E-state index in [-0.39, 0.29) is 0 Å². The topological polar surface area (TPSA) is 38.3 Å². The van der Waals surface area contributed by atoms with Crippen molar-refractivity contribution in [1.29, 1.82) is 0 Å². The van der Waals surface area contributed by atoms with E-state index in [0.29, 0.717) is 5.75 Å². The SMILES string of the molecule is CCCCc1ccccc1OC(=O)Nc1ccccc1. The number of hydrogen-bond acceptors (Lipinski definition) is 2. The predicted molar refractivity (Wildman–Crippen MR) is 81.1 cm³/mol. The number of benzene rings is 2. The summed E-state index contributed by atoms with van der Waals surface area (Å²) in [6, 6.07) is 16.9. The summed E-state index contributed by atoms with van der Waals surface area (Å²) < 4.78 is 5.40. The summed E-state index contributed by atoms with van der Waals surface area (Å²) in [5.74, 6) is 0.634. The lowest BCUT2D eigenvalue weighted by molar-refractivity contribution is 0.214. The molecule has 1 amide bonds. The molecule has 0 atom stereocenters. The summed E-state index contributed by atoms with van der Waals surface area (Å²) in [6.45, 7) is 2.14. The molecule has 0 fully saturated rings. The summed E-state index contributed by atoms with van der Waals surface area (Å²) in [7, 11) is 0. The van der Waals surface area contributed by atoms with Gasteiger partial charge in [-0.3, -0.25) is 5.32 Å². The molecule has 0 aliphatic heterocycles. The fourth-order valence-electron chi connectivity index (χ4n) is 1.94. The van der Waals surface area contributed by atoms with Crippen molar-refractivity contribution < 1.29 is 9.53 Å². The molecule has 2 rings (SSSR count). The minimum atomic E-state index is -0.458. The van der Waals surface area contributed by atoms with Crippen LogP contribution >= 0.6 is 0 Å². The normalized spacial score (nSPS) is 10.1. The maximum absolute atomic E-state index is 11.9. The summed E-state index contributed by atoms with van der Waals surface area (Å²) in [5, 5.41) is 2.71. The van der Waals surface area contributed by atoms with E-state index in [1.54, 1.807) is 0 Å². The maximum atomic E-state index is 11.9. The van der Waals surface area contributed by atoms with Crippen molar-refractivity contribution in [2.75, 3.05) is 5.32 Å². The number of rotatable bonds is 5. The highest BCUT2D eigenvalue weighted by atomic mass is 16.6. The molecular weight excluding hydrogens is 250 g/mol. The number of unbranched alkanes of at least 4 members (excludes halogenated alkanes) is 1. The maximum Gasteiger partial charge on any atom is 0.417 e. The summed E-state index contributed by atoms with van der Waals surface area (Å²) >= 11 is 0. The van der Waals surface area contributed by atoms with Gasteiger partial charge >= 0.3 is 6.09 Å². The molecular formula is C17H19NO2. The lowest BCUT2D eigenvalue weighted by Gasteiger charge is -2.10. The molecule has 0 spiro atoms. The zero-order chi connectivity index (χ0) is 14.2. The van der Waals surface area contributed by atoms with E-state index in [1.165, 1.54) is 0 Å². The fourth-order valence-corrected chi connectivity index (χ4v) is 1.94. The molecule has 20 heavy (non-hydrogen) atoms. The minimum Gasteiger partial charge on any atom is -0.410 e. The largest absolute Gasteiger partial charge is 0.417 e. The van der Waals surface area contributed by atoms with Crippen LogP contribution in [0.1, 0.15) is 25.3 Å². The molecule has 104 valence electrons. The van der Waals surface area contributed by atoms with Crippen molar-refractivity contribution in [1.82, 2.24) is 0 Å². The van der Waals surface area contributed by atoms with Gasteiger partial charge in [-0.25, -0.2) is 4.79 Å². The van der Waals surface area contributed by atoms with Gasteiger partial charge in [-0.2, -0.15) is 0 Å². The summed E-state index contributed by atoms with van der Waals surface area (Å²) in [4.78, 5) is 11.9. The monoisotopic (exact) mass is 269 g/mol. The van der Waals surface area contributed by atoms with E-state index >= 15 is 0 Å². The Balaban J connectivity index is 2.00. The molecule has 1 N–H and O–H groups in total. The smallest absolute Gasteiger partial charge is 0.410 e. The van der Waals surface area contributed by atoms with Crippen molar-refractivity contribution in [3.63, 3.8) is 0 Å². The van der Waals surface area contributed by atoms with Gasteiger partial charge in [0.1, 0.15) is 5.75 Å². The average molecular weight is 269 g/mol. The Morgan fingerprint density at radius 2 is 1.75 bits per heavy atom. The summed E-state index contributed by atoms with van der Waals surface area (Å²) in [6.07, 6.45) is 2.66. The first kappa shape index (κ1) is 14.1.